The predicted molar refractivity (Wildman–Crippen MR) is 284 cm³/mol. The third kappa shape index (κ3) is 13.7. The standard InChI is InChI=1S/2C28H27ClN4O3/c29-17-20(30)10-4-5-13-25(26-31-23-11-6-7-12-24(23)32-26)33-27(34)22-16-19(14-15-21(22)28(35)36)18-8-2-1-3-9-18;29-17-20(30)10-4-5-13-25(26-31-23-11-6-7-12-24(23)32-26)33-27(34)21-15-14-19(16-22(21)28(35)36)18-8-2-1-3-9-18/h2*1-3,6-9,11-12,14-16,25,30H,4-5,10,13,17H2,(H,31,32)(H,33,34)(H,35,36)/t2*25-/m00/s1. The Labute approximate surface area is 426 Å². The van der Waals surface area contributed by atoms with Gasteiger partial charge in [-0.05, 0) is 109 Å². The Kier molecular flexibility index (Phi) is 18.2. The zero-order chi connectivity index (χ0) is 51.0. The maximum Gasteiger partial charge on any atom is 0.336 e. The largest absolute Gasteiger partial charge is 0.478 e. The Hall–Kier alpha value is -7.94. The summed E-state index contributed by atoms with van der Waals surface area (Å²) in [7, 11) is 0. The van der Waals surface area contributed by atoms with Gasteiger partial charge in [-0.3, -0.25) is 9.59 Å². The number of aromatic carboxylic acids is 2. The van der Waals surface area contributed by atoms with Crippen LogP contribution in [-0.4, -0.2) is 77.1 Å². The number of amides is 2. The molecular formula is C56H54Cl2N8O6. The Morgan fingerprint density at radius 2 is 0.889 bits per heavy atom. The fourth-order valence-corrected chi connectivity index (χ4v) is 8.53. The van der Waals surface area contributed by atoms with Crippen LogP contribution in [0.2, 0.25) is 0 Å². The van der Waals surface area contributed by atoms with Crippen LogP contribution in [0.25, 0.3) is 44.3 Å². The van der Waals surface area contributed by atoms with E-state index in [0.717, 1.165) is 70.0 Å². The lowest BCUT2D eigenvalue weighted by Gasteiger charge is -2.18. The van der Waals surface area contributed by atoms with Gasteiger partial charge in [0.25, 0.3) is 11.8 Å². The number of unbranched alkanes of at least 4 members (excludes halogenated alkanes) is 2. The van der Waals surface area contributed by atoms with Gasteiger partial charge >= 0.3 is 11.9 Å². The second-order valence-electron chi connectivity index (χ2n) is 17.2. The number of alkyl halides is 2. The SMILES string of the molecule is N=C(CCl)CCCC[C@H](NC(=O)c1cc(-c2ccccc2)ccc1C(=O)O)c1nc2ccccc2[nH]1.N=C(CCl)CCCC[C@H](NC(=O)c1ccc(-c2ccccc2)cc1C(=O)O)c1nc2ccccc2[nH]1. The van der Waals surface area contributed by atoms with Gasteiger partial charge in [-0.2, -0.15) is 0 Å². The number of carbonyl (C=O) groups is 4. The number of aromatic nitrogens is 4. The number of nitrogens with zero attached hydrogens (tertiary/aromatic N) is 2. The molecule has 8 N–H and O–H groups in total. The highest BCUT2D eigenvalue weighted by molar-refractivity contribution is 6.28. The summed E-state index contributed by atoms with van der Waals surface area (Å²) in [5.41, 5.74) is 7.53. The molecule has 72 heavy (non-hydrogen) atoms. The van der Waals surface area contributed by atoms with Crippen LogP contribution in [-0.2, 0) is 0 Å². The summed E-state index contributed by atoms with van der Waals surface area (Å²) in [4.78, 5) is 66.7. The minimum Gasteiger partial charge on any atom is -0.478 e. The maximum atomic E-state index is 13.5. The summed E-state index contributed by atoms with van der Waals surface area (Å²) in [6.45, 7) is 0. The van der Waals surface area contributed by atoms with Gasteiger partial charge in [0, 0.05) is 11.4 Å². The highest BCUT2D eigenvalue weighted by atomic mass is 35.5. The summed E-state index contributed by atoms with van der Waals surface area (Å²) >= 11 is 11.4. The number of rotatable bonds is 22. The van der Waals surface area contributed by atoms with Crippen molar-refractivity contribution in [1.82, 2.24) is 30.6 Å². The monoisotopic (exact) mass is 1000 g/mol. The van der Waals surface area contributed by atoms with Crippen molar-refractivity contribution in [3.63, 3.8) is 0 Å². The summed E-state index contributed by atoms with van der Waals surface area (Å²) in [6.07, 6.45) is 5.30. The fraction of sp³-hybridized carbons (Fsp3) is 0.214. The first-order chi connectivity index (χ1) is 34.9. The summed E-state index contributed by atoms with van der Waals surface area (Å²) in [6, 6.07) is 42.8. The zero-order valence-electron chi connectivity index (χ0n) is 39.3. The summed E-state index contributed by atoms with van der Waals surface area (Å²) in [5, 5.41) is 41.1. The molecule has 0 saturated heterocycles. The lowest BCUT2D eigenvalue weighted by molar-refractivity contribution is 0.0682. The number of carboxylic acids is 2. The van der Waals surface area contributed by atoms with E-state index in [9.17, 15) is 29.4 Å². The molecule has 368 valence electrons. The number of hydrogen-bond donors (Lipinski definition) is 8. The maximum absolute atomic E-state index is 13.5. The van der Waals surface area contributed by atoms with Crippen molar-refractivity contribution in [3.8, 4) is 22.3 Å². The number of carbonyl (C=O) groups excluding carboxylic acids is 2. The first-order valence-electron chi connectivity index (χ1n) is 23.5. The number of benzene rings is 6. The van der Waals surface area contributed by atoms with E-state index in [4.69, 9.17) is 34.0 Å². The average Bonchev–Trinajstić information content (AvgIpc) is 4.06. The van der Waals surface area contributed by atoms with Crippen LogP contribution in [0.3, 0.4) is 0 Å². The summed E-state index contributed by atoms with van der Waals surface area (Å²) < 4.78 is 0. The molecule has 0 radical (unpaired) electrons. The van der Waals surface area contributed by atoms with Gasteiger partial charge in [0.05, 0.1) is 68.2 Å². The molecule has 0 aliphatic rings. The third-order valence-corrected chi connectivity index (χ3v) is 12.7. The highest BCUT2D eigenvalue weighted by Crippen LogP contribution is 2.28. The van der Waals surface area contributed by atoms with Gasteiger partial charge in [-0.25, -0.2) is 19.6 Å². The van der Waals surface area contributed by atoms with Crippen LogP contribution in [0.4, 0.5) is 0 Å². The topological polar surface area (TPSA) is 238 Å². The predicted octanol–water partition coefficient (Wildman–Crippen LogP) is 12.4. The van der Waals surface area contributed by atoms with E-state index in [1.54, 1.807) is 24.3 Å². The number of fused-ring (bicyclic) bond motifs is 2. The van der Waals surface area contributed by atoms with Crippen LogP contribution >= 0.6 is 23.2 Å². The Morgan fingerprint density at radius 3 is 1.32 bits per heavy atom. The molecule has 0 bridgehead atoms. The van der Waals surface area contributed by atoms with Crippen molar-refractivity contribution in [2.24, 2.45) is 0 Å². The van der Waals surface area contributed by atoms with Gasteiger partial charge in [0.15, 0.2) is 0 Å². The third-order valence-electron chi connectivity index (χ3n) is 12.1. The highest BCUT2D eigenvalue weighted by Gasteiger charge is 2.25. The molecule has 2 aromatic heterocycles. The number of carboxylic acid groups (broad SMARTS) is 2. The normalized spacial score (nSPS) is 11.8. The molecule has 0 unspecified atom stereocenters. The number of para-hydroxylation sites is 4. The molecule has 14 nitrogen and oxygen atoms in total. The molecule has 16 heteroatoms. The van der Waals surface area contributed by atoms with Gasteiger partial charge in [-0.15, -0.1) is 23.2 Å². The van der Waals surface area contributed by atoms with Crippen LogP contribution in [0.5, 0.6) is 0 Å². The van der Waals surface area contributed by atoms with E-state index in [-0.39, 0.29) is 34.0 Å². The Bertz CT molecular complexity index is 3130. The average molecular weight is 1010 g/mol. The molecular weight excluding hydrogens is 952 g/mol. The van der Waals surface area contributed by atoms with E-state index in [1.165, 1.54) is 12.1 Å². The van der Waals surface area contributed by atoms with Crippen molar-refractivity contribution in [2.45, 2.75) is 63.5 Å². The molecule has 2 heterocycles. The molecule has 8 aromatic rings. The Balaban J connectivity index is 0.000000211. The molecule has 0 aliphatic heterocycles. The molecule has 0 spiro atoms. The van der Waals surface area contributed by atoms with E-state index < -0.39 is 35.8 Å². The van der Waals surface area contributed by atoms with E-state index in [1.807, 2.05) is 109 Å². The van der Waals surface area contributed by atoms with Crippen LogP contribution in [0.1, 0.15) is 117 Å². The molecule has 6 aromatic carbocycles. The molecule has 2 amide bonds. The zero-order valence-corrected chi connectivity index (χ0v) is 40.8. The minimum absolute atomic E-state index is 0.0623. The minimum atomic E-state index is -1.17. The number of H-pyrrole nitrogens is 2. The quantitative estimate of drug-likeness (QED) is 0.0184. The first kappa shape index (κ1) is 51.9. The number of halogens is 2. The first-order valence-corrected chi connectivity index (χ1v) is 24.6. The van der Waals surface area contributed by atoms with Gasteiger partial charge < -0.3 is 41.6 Å². The second-order valence-corrected chi connectivity index (χ2v) is 17.7. The molecule has 2 atom stereocenters. The van der Waals surface area contributed by atoms with E-state index >= 15 is 0 Å². The fourth-order valence-electron chi connectivity index (χ4n) is 8.27. The molecule has 0 saturated carbocycles. The smallest absolute Gasteiger partial charge is 0.336 e. The van der Waals surface area contributed by atoms with Crippen LogP contribution in [0.15, 0.2) is 146 Å². The number of nitrogens with one attached hydrogen (secondary N) is 6. The lowest BCUT2D eigenvalue weighted by Crippen LogP contribution is -2.30. The Morgan fingerprint density at radius 1 is 0.486 bits per heavy atom. The van der Waals surface area contributed by atoms with Gasteiger partial charge in [0.1, 0.15) is 11.6 Å². The van der Waals surface area contributed by atoms with E-state index in [2.05, 4.69) is 30.6 Å². The second kappa shape index (κ2) is 25.3. The van der Waals surface area contributed by atoms with Crippen molar-refractivity contribution in [1.29, 1.82) is 10.8 Å². The number of hydrogen-bond acceptors (Lipinski definition) is 8. The number of aromatic amines is 2. The van der Waals surface area contributed by atoms with Crippen molar-refractivity contribution in [2.75, 3.05) is 11.8 Å². The van der Waals surface area contributed by atoms with Crippen molar-refractivity contribution >= 4 is 80.4 Å². The molecule has 0 aliphatic carbocycles. The summed E-state index contributed by atoms with van der Waals surface area (Å²) in [5.74, 6) is -1.67. The van der Waals surface area contributed by atoms with Crippen LogP contribution in [0, 0.1) is 10.8 Å². The van der Waals surface area contributed by atoms with E-state index in [0.29, 0.717) is 48.8 Å². The van der Waals surface area contributed by atoms with Crippen molar-refractivity contribution < 1.29 is 29.4 Å². The van der Waals surface area contributed by atoms with Gasteiger partial charge in [0.2, 0.25) is 0 Å². The lowest BCUT2D eigenvalue weighted by atomic mass is 9.98. The van der Waals surface area contributed by atoms with Gasteiger partial charge in [-0.1, -0.05) is 110 Å². The number of imidazole rings is 2. The van der Waals surface area contributed by atoms with Crippen molar-refractivity contribution in [3.05, 3.63) is 179 Å². The molecule has 8 rings (SSSR count). The van der Waals surface area contributed by atoms with Crippen LogP contribution < -0.4 is 10.6 Å². The molecule has 0 fully saturated rings.